The first-order valence-electron chi connectivity index (χ1n) is 5.56. The Morgan fingerprint density at radius 3 is 2.17 bits per heavy atom. The largest absolute Gasteiger partial charge is 0.291 e. The molecule has 0 radical (unpaired) electrons. The molecular formula is C11H19N. The summed E-state index contributed by atoms with van der Waals surface area (Å²) < 4.78 is 0. The lowest BCUT2D eigenvalue weighted by Gasteiger charge is -2.02. The minimum absolute atomic E-state index is 0.899. The molecule has 0 aromatic heterocycles. The van der Waals surface area contributed by atoms with Crippen LogP contribution in [-0.2, 0) is 0 Å². The summed E-state index contributed by atoms with van der Waals surface area (Å²) in [7, 11) is 0. The Balaban J connectivity index is 1.68. The van der Waals surface area contributed by atoms with Crippen molar-refractivity contribution in [3.8, 4) is 0 Å². The van der Waals surface area contributed by atoms with Crippen molar-refractivity contribution in [1.82, 2.24) is 4.90 Å². The van der Waals surface area contributed by atoms with Crippen molar-refractivity contribution in [2.24, 2.45) is 11.8 Å². The monoisotopic (exact) mass is 165 g/mol. The van der Waals surface area contributed by atoms with Crippen LogP contribution in [-0.4, -0.2) is 23.0 Å². The molecule has 1 aliphatic heterocycles. The lowest BCUT2D eigenvalue weighted by Crippen LogP contribution is -2.08. The fourth-order valence-electron chi connectivity index (χ4n) is 2.85. The predicted octanol–water partition coefficient (Wildman–Crippen LogP) is 2.27. The van der Waals surface area contributed by atoms with Gasteiger partial charge in [0.1, 0.15) is 0 Å². The summed E-state index contributed by atoms with van der Waals surface area (Å²) in [5, 5.41) is 0. The number of rotatable bonds is 3. The first-order valence-corrected chi connectivity index (χ1v) is 5.56. The summed E-state index contributed by atoms with van der Waals surface area (Å²) in [6.45, 7) is 4.78. The Labute approximate surface area is 75.1 Å². The van der Waals surface area contributed by atoms with Gasteiger partial charge in [-0.25, -0.2) is 0 Å². The van der Waals surface area contributed by atoms with Gasteiger partial charge in [0.2, 0.25) is 0 Å². The SMILES string of the molecule is CC(C)C1C(C2CC2)N1C1CC1. The van der Waals surface area contributed by atoms with Gasteiger partial charge in [0.25, 0.3) is 0 Å². The average Bonchev–Trinajstić information content (AvgIpc) is 2.87. The molecule has 0 aromatic carbocycles. The van der Waals surface area contributed by atoms with E-state index in [-0.39, 0.29) is 0 Å². The van der Waals surface area contributed by atoms with Crippen molar-refractivity contribution in [3.05, 3.63) is 0 Å². The van der Waals surface area contributed by atoms with Crippen molar-refractivity contribution < 1.29 is 0 Å². The smallest absolute Gasteiger partial charge is 0.0289 e. The van der Waals surface area contributed by atoms with E-state index in [0.717, 1.165) is 30.0 Å². The lowest BCUT2D eigenvalue weighted by molar-refractivity contribution is 0.421. The quantitative estimate of drug-likeness (QED) is 0.580. The Bertz CT molecular complexity index is 161. The Hall–Kier alpha value is -0.0400. The third-order valence-corrected chi connectivity index (χ3v) is 3.71. The first-order chi connectivity index (χ1) is 5.79. The van der Waals surface area contributed by atoms with E-state index in [4.69, 9.17) is 0 Å². The number of hydrogen-bond donors (Lipinski definition) is 0. The molecule has 12 heavy (non-hydrogen) atoms. The molecule has 3 rings (SSSR count). The highest BCUT2D eigenvalue weighted by Crippen LogP contribution is 2.53. The summed E-state index contributed by atoms with van der Waals surface area (Å²) >= 11 is 0. The summed E-state index contributed by atoms with van der Waals surface area (Å²) in [5.41, 5.74) is 0. The lowest BCUT2D eigenvalue weighted by atomic mass is 10.1. The van der Waals surface area contributed by atoms with Crippen LogP contribution in [0.4, 0.5) is 0 Å². The average molecular weight is 165 g/mol. The van der Waals surface area contributed by atoms with E-state index in [0.29, 0.717) is 0 Å². The minimum Gasteiger partial charge on any atom is -0.291 e. The molecule has 68 valence electrons. The molecule has 3 aliphatic rings. The zero-order chi connectivity index (χ0) is 8.29. The standard InChI is InChI=1S/C11H19N/c1-7(2)10-11(8-3-4-8)12(10)9-5-6-9/h7-11H,3-6H2,1-2H3. The van der Waals surface area contributed by atoms with Crippen LogP contribution in [0.2, 0.25) is 0 Å². The molecule has 0 spiro atoms. The second kappa shape index (κ2) is 2.25. The molecular weight excluding hydrogens is 146 g/mol. The molecule has 1 heterocycles. The fourth-order valence-corrected chi connectivity index (χ4v) is 2.85. The maximum Gasteiger partial charge on any atom is 0.0289 e. The second-order valence-electron chi connectivity index (χ2n) is 5.24. The van der Waals surface area contributed by atoms with Crippen LogP contribution >= 0.6 is 0 Å². The number of nitrogens with zero attached hydrogens (tertiary/aromatic N) is 1. The molecule has 1 nitrogen and oxygen atoms in total. The first kappa shape index (κ1) is 7.37. The van der Waals surface area contributed by atoms with Crippen molar-refractivity contribution in [3.63, 3.8) is 0 Å². The van der Waals surface area contributed by atoms with Crippen LogP contribution in [0.15, 0.2) is 0 Å². The molecule has 0 N–H and O–H groups in total. The zero-order valence-electron chi connectivity index (χ0n) is 8.16. The van der Waals surface area contributed by atoms with E-state index < -0.39 is 0 Å². The van der Waals surface area contributed by atoms with Crippen LogP contribution < -0.4 is 0 Å². The third kappa shape index (κ3) is 1.02. The summed E-state index contributed by atoms with van der Waals surface area (Å²) in [6.07, 6.45) is 6.03. The van der Waals surface area contributed by atoms with Crippen molar-refractivity contribution in [2.45, 2.75) is 57.7 Å². The maximum absolute atomic E-state index is 2.82. The highest BCUT2D eigenvalue weighted by Gasteiger charge is 2.60. The van der Waals surface area contributed by atoms with Gasteiger partial charge in [0.05, 0.1) is 0 Å². The second-order valence-corrected chi connectivity index (χ2v) is 5.24. The van der Waals surface area contributed by atoms with E-state index in [1.54, 1.807) is 0 Å². The van der Waals surface area contributed by atoms with Gasteiger partial charge in [0.15, 0.2) is 0 Å². The Morgan fingerprint density at radius 1 is 1.08 bits per heavy atom. The highest BCUT2D eigenvalue weighted by atomic mass is 15.4. The fraction of sp³-hybridized carbons (Fsp3) is 1.00. The molecule has 2 aliphatic carbocycles. The summed E-state index contributed by atoms with van der Waals surface area (Å²) in [6, 6.07) is 3.02. The van der Waals surface area contributed by atoms with Crippen LogP contribution in [0, 0.1) is 11.8 Å². The van der Waals surface area contributed by atoms with Gasteiger partial charge < -0.3 is 0 Å². The molecule has 3 fully saturated rings. The topological polar surface area (TPSA) is 3.01 Å². The van der Waals surface area contributed by atoms with Crippen molar-refractivity contribution in [1.29, 1.82) is 0 Å². The van der Waals surface area contributed by atoms with Crippen LogP contribution in [0.25, 0.3) is 0 Å². The van der Waals surface area contributed by atoms with Crippen LogP contribution in [0.3, 0.4) is 0 Å². The van der Waals surface area contributed by atoms with E-state index in [1.807, 2.05) is 0 Å². The summed E-state index contributed by atoms with van der Waals surface area (Å²) in [4.78, 5) is 2.82. The van der Waals surface area contributed by atoms with Gasteiger partial charge in [-0.15, -0.1) is 0 Å². The molecule has 2 saturated carbocycles. The van der Waals surface area contributed by atoms with Gasteiger partial charge in [-0.1, -0.05) is 13.8 Å². The van der Waals surface area contributed by atoms with E-state index in [1.165, 1.54) is 25.7 Å². The van der Waals surface area contributed by atoms with Crippen molar-refractivity contribution >= 4 is 0 Å². The molecule has 1 saturated heterocycles. The normalized spacial score (nSPS) is 46.8. The molecule has 0 amide bonds. The predicted molar refractivity (Wildman–Crippen MR) is 50.0 cm³/mol. The molecule has 0 aromatic rings. The number of hydrogen-bond acceptors (Lipinski definition) is 1. The van der Waals surface area contributed by atoms with E-state index in [9.17, 15) is 0 Å². The molecule has 3 unspecified atom stereocenters. The van der Waals surface area contributed by atoms with Crippen molar-refractivity contribution in [2.75, 3.05) is 0 Å². The highest BCUT2D eigenvalue weighted by molar-refractivity contribution is 5.15. The van der Waals surface area contributed by atoms with Crippen LogP contribution in [0.5, 0.6) is 0 Å². The van der Waals surface area contributed by atoms with Gasteiger partial charge in [-0.3, -0.25) is 4.90 Å². The molecule has 3 atom stereocenters. The van der Waals surface area contributed by atoms with E-state index >= 15 is 0 Å². The maximum atomic E-state index is 2.82. The Morgan fingerprint density at radius 2 is 1.75 bits per heavy atom. The molecule has 1 heteroatoms. The minimum atomic E-state index is 0.899. The van der Waals surface area contributed by atoms with Gasteiger partial charge in [0, 0.05) is 18.1 Å². The zero-order valence-corrected chi connectivity index (χ0v) is 8.16. The van der Waals surface area contributed by atoms with Gasteiger partial charge >= 0.3 is 0 Å². The molecule has 0 bridgehead atoms. The van der Waals surface area contributed by atoms with Crippen LogP contribution in [0.1, 0.15) is 39.5 Å². The van der Waals surface area contributed by atoms with Gasteiger partial charge in [-0.05, 0) is 37.5 Å². The third-order valence-electron chi connectivity index (χ3n) is 3.71. The summed E-state index contributed by atoms with van der Waals surface area (Å²) in [5.74, 6) is 2.01. The van der Waals surface area contributed by atoms with Gasteiger partial charge in [-0.2, -0.15) is 0 Å². The Kier molecular flexibility index (Phi) is 1.39. The van der Waals surface area contributed by atoms with E-state index in [2.05, 4.69) is 18.7 Å².